The van der Waals surface area contributed by atoms with Gasteiger partial charge in [-0.2, -0.15) is 0 Å². The van der Waals surface area contributed by atoms with Crippen molar-refractivity contribution in [2.75, 3.05) is 60.2 Å². The van der Waals surface area contributed by atoms with Crippen molar-refractivity contribution >= 4 is 0 Å². The van der Waals surface area contributed by atoms with Crippen LogP contribution in [0.25, 0.3) is 0 Å². The Hall–Kier alpha value is -0.200. The molecule has 0 atom stereocenters. The van der Waals surface area contributed by atoms with Gasteiger partial charge >= 0.3 is 0 Å². The van der Waals surface area contributed by atoms with E-state index in [1.165, 1.54) is 0 Å². The minimum atomic E-state index is -0.147. The fourth-order valence-corrected chi connectivity index (χ4v) is 1.25. The lowest BCUT2D eigenvalue weighted by molar-refractivity contribution is -0.133. The smallest absolute Gasteiger partial charge is 0.169 e. The van der Waals surface area contributed by atoms with Crippen LogP contribution in [0.1, 0.15) is 13.8 Å². The first-order chi connectivity index (χ1) is 8.20. The number of ether oxygens (including phenoxy) is 3. The average molecular weight is 248 g/mol. The summed E-state index contributed by atoms with van der Waals surface area (Å²) in [4.78, 5) is 2.10. The first kappa shape index (κ1) is 16.8. The molecule has 0 aromatic carbocycles. The normalized spacial score (nSPS) is 11.6. The molecule has 5 heteroatoms. The molecule has 0 bridgehead atoms. The molecular formula is C12H28N2O3. The van der Waals surface area contributed by atoms with E-state index >= 15 is 0 Å². The van der Waals surface area contributed by atoms with E-state index in [-0.39, 0.29) is 6.29 Å². The van der Waals surface area contributed by atoms with E-state index in [1.807, 2.05) is 27.9 Å². The molecule has 0 radical (unpaired) electrons. The summed E-state index contributed by atoms with van der Waals surface area (Å²) in [5, 5.41) is 3.25. The first-order valence-electron chi connectivity index (χ1n) is 6.37. The SMILES string of the molecule is CCOC(CNCCOCCN(C)C)OCC. The summed E-state index contributed by atoms with van der Waals surface area (Å²) in [6, 6.07) is 0. The molecular weight excluding hydrogens is 220 g/mol. The molecule has 5 nitrogen and oxygen atoms in total. The molecule has 0 saturated heterocycles. The third kappa shape index (κ3) is 12.1. The summed E-state index contributed by atoms with van der Waals surface area (Å²) < 4.78 is 16.3. The molecule has 0 fully saturated rings. The standard InChI is InChI=1S/C12H28N2O3/c1-5-16-12(17-6-2)11-13-7-9-15-10-8-14(3)4/h12-13H,5-11H2,1-4H3. The zero-order valence-corrected chi connectivity index (χ0v) is 11.7. The largest absolute Gasteiger partial charge is 0.379 e. The maximum atomic E-state index is 5.46. The minimum absolute atomic E-state index is 0.147. The number of hydrogen-bond donors (Lipinski definition) is 1. The van der Waals surface area contributed by atoms with E-state index in [1.54, 1.807) is 0 Å². The van der Waals surface area contributed by atoms with Crippen molar-refractivity contribution in [1.29, 1.82) is 0 Å². The van der Waals surface area contributed by atoms with Crippen LogP contribution in [0.4, 0.5) is 0 Å². The van der Waals surface area contributed by atoms with Crippen molar-refractivity contribution < 1.29 is 14.2 Å². The number of likely N-dealkylation sites (N-methyl/N-ethyl adjacent to an activating group) is 1. The Bertz CT molecular complexity index is 151. The van der Waals surface area contributed by atoms with Crippen LogP contribution >= 0.6 is 0 Å². The molecule has 1 N–H and O–H groups in total. The van der Waals surface area contributed by atoms with Crippen molar-refractivity contribution in [3.63, 3.8) is 0 Å². The predicted octanol–water partition coefficient (Wildman–Crippen LogP) is 0.553. The summed E-state index contributed by atoms with van der Waals surface area (Å²) in [6.45, 7) is 9.27. The number of nitrogens with one attached hydrogen (secondary N) is 1. The molecule has 0 amide bonds. The maximum Gasteiger partial charge on any atom is 0.169 e. The fraction of sp³-hybridized carbons (Fsp3) is 1.00. The highest BCUT2D eigenvalue weighted by molar-refractivity contribution is 4.51. The molecule has 0 aliphatic rings. The third-order valence-corrected chi connectivity index (χ3v) is 2.12. The molecule has 0 rings (SSSR count). The van der Waals surface area contributed by atoms with Gasteiger partial charge in [-0.15, -0.1) is 0 Å². The van der Waals surface area contributed by atoms with E-state index in [0.29, 0.717) is 19.8 Å². The van der Waals surface area contributed by atoms with Gasteiger partial charge in [-0.1, -0.05) is 0 Å². The van der Waals surface area contributed by atoms with Crippen LogP contribution in [0.3, 0.4) is 0 Å². The molecule has 0 aromatic rings. The van der Waals surface area contributed by atoms with Gasteiger partial charge in [-0.05, 0) is 27.9 Å². The number of rotatable bonds is 12. The lowest BCUT2D eigenvalue weighted by Crippen LogP contribution is -2.33. The molecule has 0 aromatic heterocycles. The van der Waals surface area contributed by atoms with Gasteiger partial charge in [-0.3, -0.25) is 0 Å². The van der Waals surface area contributed by atoms with Crippen molar-refractivity contribution in [1.82, 2.24) is 10.2 Å². The van der Waals surface area contributed by atoms with Gasteiger partial charge in [0, 0.05) is 32.8 Å². The molecule has 0 heterocycles. The highest BCUT2D eigenvalue weighted by atomic mass is 16.7. The molecule has 17 heavy (non-hydrogen) atoms. The topological polar surface area (TPSA) is 43.0 Å². The molecule has 0 aliphatic heterocycles. The first-order valence-corrected chi connectivity index (χ1v) is 6.37. The van der Waals surface area contributed by atoms with E-state index in [0.717, 1.165) is 26.3 Å². The van der Waals surface area contributed by atoms with E-state index in [2.05, 4.69) is 10.2 Å². The van der Waals surface area contributed by atoms with E-state index in [9.17, 15) is 0 Å². The highest BCUT2D eigenvalue weighted by Gasteiger charge is 2.06. The van der Waals surface area contributed by atoms with Crippen molar-refractivity contribution in [2.24, 2.45) is 0 Å². The lowest BCUT2D eigenvalue weighted by Gasteiger charge is -2.17. The summed E-state index contributed by atoms with van der Waals surface area (Å²) >= 11 is 0. The van der Waals surface area contributed by atoms with Crippen LogP contribution in [-0.2, 0) is 14.2 Å². The van der Waals surface area contributed by atoms with Gasteiger partial charge in [0.1, 0.15) is 0 Å². The zero-order chi connectivity index (χ0) is 12.9. The van der Waals surface area contributed by atoms with Crippen LogP contribution in [0.2, 0.25) is 0 Å². The van der Waals surface area contributed by atoms with Gasteiger partial charge in [-0.25, -0.2) is 0 Å². The fourth-order valence-electron chi connectivity index (χ4n) is 1.25. The van der Waals surface area contributed by atoms with Crippen molar-refractivity contribution in [3.8, 4) is 0 Å². The Morgan fingerprint density at radius 3 is 2.24 bits per heavy atom. The zero-order valence-electron chi connectivity index (χ0n) is 11.7. The Balaban J connectivity index is 3.29. The van der Waals surface area contributed by atoms with E-state index in [4.69, 9.17) is 14.2 Å². The molecule has 0 saturated carbocycles. The Kier molecular flexibility index (Phi) is 12.1. The quantitative estimate of drug-likeness (QED) is 0.404. The minimum Gasteiger partial charge on any atom is -0.379 e. The van der Waals surface area contributed by atoms with Gasteiger partial charge in [0.2, 0.25) is 0 Å². The van der Waals surface area contributed by atoms with Gasteiger partial charge in [0.15, 0.2) is 6.29 Å². The highest BCUT2D eigenvalue weighted by Crippen LogP contribution is 1.92. The van der Waals surface area contributed by atoms with Crippen LogP contribution in [0, 0.1) is 0 Å². The molecule has 0 aliphatic carbocycles. The number of hydrogen-bond acceptors (Lipinski definition) is 5. The second-order valence-corrected chi connectivity index (χ2v) is 3.96. The average Bonchev–Trinajstić information content (AvgIpc) is 2.28. The van der Waals surface area contributed by atoms with Crippen LogP contribution in [0.5, 0.6) is 0 Å². The van der Waals surface area contributed by atoms with Crippen molar-refractivity contribution in [2.45, 2.75) is 20.1 Å². The summed E-state index contributed by atoms with van der Waals surface area (Å²) in [5.41, 5.74) is 0. The number of nitrogens with zero attached hydrogens (tertiary/aromatic N) is 1. The summed E-state index contributed by atoms with van der Waals surface area (Å²) in [7, 11) is 4.08. The lowest BCUT2D eigenvalue weighted by atomic mass is 10.5. The Labute approximate surface area is 105 Å². The Morgan fingerprint density at radius 2 is 1.71 bits per heavy atom. The molecule has 0 unspecified atom stereocenters. The summed E-state index contributed by atoms with van der Waals surface area (Å²) in [6.07, 6.45) is -0.147. The monoisotopic (exact) mass is 248 g/mol. The van der Waals surface area contributed by atoms with Crippen LogP contribution in [-0.4, -0.2) is 71.3 Å². The third-order valence-electron chi connectivity index (χ3n) is 2.12. The molecule has 0 spiro atoms. The second-order valence-electron chi connectivity index (χ2n) is 3.96. The Morgan fingerprint density at radius 1 is 1.06 bits per heavy atom. The van der Waals surface area contributed by atoms with Crippen LogP contribution < -0.4 is 5.32 Å². The molecule has 104 valence electrons. The second kappa shape index (κ2) is 12.3. The van der Waals surface area contributed by atoms with Gasteiger partial charge in [0.05, 0.1) is 13.2 Å². The summed E-state index contributed by atoms with van der Waals surface area (Å²) in [5.74, 6) is 0. The predicted molar refractivity (Wildman–Crippen MR) is 69.3 cm³/mol. The van der Waals surface area contributed by atoms with Gasteiger partial charge in [0.25, 0.3) is 0 Å². The van der Waals surface area contributed by atoms with Gasteiger partial charge < -0.3 is 24.4 Å². The maximum absolute atomic E-state index is 5.46. The van der Waals surface area contributed by atoms with E-state index < -0.39 is 0 Å². The van der Waals surface area contributed by atoms with Crippen molar-refractivity contribution in [3.05, 3.63) is 0 Å². The van der Waals surface area contributed by atoms with Crippen LogP contribution in [0.15, 0.2) is 0 Å².